The van der Waals surface area contributed by atoms with E-state index in [1.165, 1.54) is 32.4 Å². The van der Waals surface area contributed by atoms with Gasteiger partial charge in [-0.1, -0.05) is 18.6 Å². The van der Waals surface area contributed by atoms with Crippen molar-refractivity contribution in [1.29, 1.82) is 0 Å². The average Bonchev–Trinajstić information content (AvgIpc) is 3.32. The molecule has 0 aliphatic carbocycles. The number of rotatable bonds is 8. The molecule has 2 aliphatic rings. The largest absolute Gasteiger partial charge is 0.376 e. The van der Waals surface area contributed by atoms with Crippen molar-refractivity contribution >= 4 is 35.8 Å². The maximum Gasteiger partial charge on any atom is 0.251 e. The van der Waals surface area contributed by atoms with Gasteiger partial charge in [-0.3, -0.25) is 14.7 Å². The van der Waals surface area contributed by atoms with Gasteiger partial charge >= 0.3 is 0 Å². The Morgan fingerprint density at radius 3 is 2.62 bits per heavy atom. The van der Waals surface area contributed by atoms with Crippen LogP contribution in [0.4, 0.5) is 0 Å². The highest BCUT2D eigenvalue weighted by atomic mass is 127. The van der Waals surface area contributed by atoms with Crippen LogP contribution in [0, 0.1) is 0 Å². The lowest BCUT2D eigenvalue weighted by Crippen LogP contribution is -2.54. The first-order chi connectivity index (χ1) is 15.0. The van der Waals surface area contributed by atoms with Gasteiger partial charge in [0, 0.05) is 44.4 Å². The van der Waals surface area contributed by atoms with Gasteiger partial charge in [0.1, 0.15) is 0 Å². The van der Waals surface area contributed by atoms with Crippen molar-refractivity contribution in [3.63, 3.8) is 0 Å². The minimum absolute atomic E-state index is 0. The fourth-order valence-electron chi connectivity index (χ4n) is 4.25. The summed E-state index contributed by atoms with van der Waals surface area (Å²) in [5, 5.41) is 9.83. The van der Waals surface area contributed by atoms with Crippen LogP contribution in [0.5, 0.6) is 0 Å². The van der Waals surface area contributed by atoms with Crippen molar-refractivity contribution in [2.24, 2.45) is 4.99 Å². The predicted molar refractivity (Wildman–Crippen MR) is 141 cm³/mol. The highest BCUT2D eigenvalue weighted by Gasteiger charge is 2.27. The van der Waals surface area contributed by atoms with Crippen LogP contribution in [0.15, 0.2) is 29.3 Å². The number of guanidine groups is 1. The Hall–Kier alpha value is -1.39. The highest BCUT2D eigenvalue weighted by molar-refractivity contribution is 14.0. The smallest absolute Gasteiger partial charge is 0.251 e. The zero-order chi connectivity index (χ0) is 22.1. The van der Waals surface area contributed by atoms with Gasteiger partial charge in [0.15, 0.2) is 5.96 Å². The summed E-state index contributed by atoms with van der Waals surface area (Å²) in [4.78, 5) is 19.4. The van der Waals surface area contributed by atoms with Gasteiger partial charge in [0.25, 0.3) is 5.91 Å². The zero-order valence-corrected chi connectivity index (χ0v) is 22.1. The summed E-state index contributed by atoms with van der Waals surface area (Å²) in [6.45, 7) is 9.73. The number of likely N-dealkylation sites (tertiary alicyclic amines) is 1. The fraction of sp³-hybridized carbons (Fsp3) is 0.667. The standard InChI is InChI=1S/C24H39N5O2.HI/c1-24(2,29-12-5-4-6-13-29)18-28-23(25-3)27-16-19-9-7-10-20(15-19)22(30)26-17-21-11-8-14-31-21;/h7,9-10,15,21H,4-6,8,11-14,16-18H2,1-3H3,(H,26,30)(H2,25,27,28);1H. The van der Waals surface area contributed by atoms with E-state index in [0.717, 1.165) is 37.5 Å². The molecule has 7 nitrogen and oxygen atoms in total. The van der Waals surface area contributed by atoms with Gasteiger partial charge in [-0.05, 0) is 70.3 Å². The van der Waals surface area contributed by atoms with Crippen LogP contribution in [0.25, 0.3) is 0 Å². The Morgan fingerprint density at radius 1 is 1.16 bits per heavy atom. The second-order valence-corrected chi connectivity index (χ2v) is 9.18. The number of carbonyl (C=O) groups excluding carboxylic acids is 1. The van der Waals surface area contributed by atoms with Gasteiger partial charge in [-0.25, -0.2) is 0 Å². The van der Waals surface area contributed by atoms with Gasteiger partial charge in [0.05, 0.1) is 6.10 Å². The topological polar surface area (TPSA) is 78.0 Å². The lowest BCUT2D eigenvalue weighted by Gasteiger charge is -2.41. The van der Waals surface area contributed by atoms with E-state index in [2.05, 4.69) is 39.7 Å². The minimum atomic E-state index is -0.0526. The number of aliphatic imine (C=N–C) groups is 1. The fourth-order valence-corrected chi connectivity index (χ4v) is 4.25. The van der Waals surface area contributed by atoms with Crippen LogP contribution >= 0.6 is 24.0 Å². The van der Waals surface area contributed by atoms with E-state index in [4.69, 9.17) is 4.74 Å². The van der Waals surface area contributed by atoms with Crippen molar-refractivity contribution in [3.8, 4) is 0 Å². The SMILES string of the molecule is CN=C(NCc1cccc(C(=O)NCC2CCCO2)c1)NCC(C)(C)N1CCCCC1.I. The van der Waals surface area contributed by atoms with Crippen LogP contribution in [-0.2, 0) is 11.3 Å². The van der Waals surface area contributed by atoms with Crippen LogP contribution in [0.2, 0.25) is 0 Å². The minimum Gasteiger partial charge on any atom is -0.376 e. The summed E-state index contributed by atoms with van der Waals surface area (Å²) in [5.74, 6) is 0.724. The molecule has 0 saturated carbocycles. The zero-order valence-electron chi connectivity index (χ0n) is 19.8. The molecule has 3 N–H and O–H groups in total. The number of amides is 1. The third-order valence-corrected chi connectivity index (χ3v) is 6.29. The van der Waals surface area contributed by atoms with Crippen LogP contribution < -0.4 is 16.0 Å². The van der Waals surface area contributed by atoms with Crippen molar-refractivity contribution in [2.45, 2.75) is 64.1 Å². The number of carbonyl (C=O) groups is 1. The number of nitrogens with zero attached hydrogens (tertiary/aromatic N) is 2. The first-order valence-corrected chi connectivity index (χ1v) is 11.7. The maximum atomic E-state index is 12.5. The summed E-state index contributed by atoms with van der Waals surface area (Å²) >= 11 is 0. The first-order valence-electron chi connectivity index (χ1n) is 11.7. The normalized spacial score (nSPS) is 19.8. The molecule has 0 radical (unpaired) electrons. The summed E-state index contributed by atoms with van der Waals surface area (Å²) in [5.41, 5.74) is 1.80. The molecule has 2 saturated heterocycles. The van der Waals surface area contributed by atoms with Gasteiger partial charge in [0.2, 0.25) is 0 Å². The Kier molecular flexibility index (Phi) is 11.2. The monoisotopic (exact) mass is 557 g/mol. The van der Waals surface area contributed by atoms with Gasteiger partial charge < -0.3 is 20.7 Å². The van der Waals surface area contributed by atoms with Crippen molar-refractivity contribution in [1.82, 2.24) is 20.9 Å². The van der Waals surface area contributed by atoms with Crippen molar-refractivity contribution in [2.75, 3.05) is 39.8 Å². The highest BCUT2D eigenvalue weighted by Crippen LogP contribution is 2.19. The lowest BCUT2D eigenvalue weighted by atomic mass is 9.98. The number of hydrogen-bond acceptors (Lipinski definition) is 4. The molecule has 8 heteroatoms. The molecule has 2 aliphatic heterocycles. The molecule has 1 atom stereocenters. The molecule has 2 heterocycles. The third-order valence-electron chi connectivity index (χ3n) is 6.29. The van der Waals surface area contributed by atoms with Gasteiger partial charge in [-0.15, -0.1) is 24.0 Å². The second-order valence-electron chi connectivity index (χ2n) is 9.18. The van der Waals surface area contributed by atoms with E-state index in [9.17, 15) is 4.79 Å². The van der Waals surface area contributed by atoms with Crippen LogP contribution in [0.3, 0.4) is 0 Å². The first kappa shape index (κ1) is 26.9. The number of nitrogens with one attached hydrogen (secondary N) is 3. The summed E-state index contributed by atoms with van der Waals surface area (Å²) < 4.78 is 5.58. The number of ether oxygens (including phenoxy) is 1. The molecule has 180 valence electrons. The Labute approximate surface area is 210 Å². The maximum absolute atomic E-state index is 12.5. The van der Waals surface area contributed by atoms with Crippen LogP contribution in [-0.4, -0.2) is 68.2 Å². The molecule has 1 aromatic carbocycles. The van der Waals surface area contributed by atoms with E-state index >= 15 is 0 Å². The van der Waals surface area contributed by atoms with Crippen molar-refractivity contribution < 1.29 is 9.53 Å². The third kappa shape index (κ3) is 8.19. The number of hydrogen-bond donors (Lipinski definition) is 3. The van der Waals surface area contributed by atoms with E-state index in [0.29, 0.717) is 18.7 Å². The number of halogens is 1. The summed E-state index contributed by atoms with van der Waals surface area (Å²) in [6.07, 6.45) is 6.16. The van der Waals surface area contributed by atoms with Gasteiger partial charge in [-0.2, -0.15) is 0 Å². The van der Waals surface area contributed by atoms with E-state index in [-0.39, 0.29) is 41.5 Å². The second kappa shape index (κ2) is 13.3. The molecule has 2 fully saturated rings. The summed E-state index contributed by atoms with van der Waals surface area (Å²) in [7, 11) is 1.79. The average molecular weight is 558 g/mol. The molecular weight excluding hydrogens is 517 g/mol. The van der Waals surface area contributed by atoms with Crippen LogP contribution in [0.1, 0.15) is 61.9 Å². The Balaban J connectivity index is 0.00000363. The number of piperidine rings is 1. The summed E-state index contributed by atoms with van der Waals surface area (Å²) in [6, 6.07) is 7.73. The molecule has 1 unspecified atom stereocenters. The Morgan fingerprint density at radius 2 is 1.94 bits per heavy atom. The predicted octanol–water partition coefficient (Wildman–Crippen LogP) is 3.14. The number of benzene rings is 1. The molecule has 0 aromatic heterocycles. The van der Waals surface area contributed by atoms with E-state index in [1.54, 1.807) is 7.05 Å². The molecule has 0 bridgehead atoms. The quantitative estimate of drug-likeness (QED) is 0.260. The Bertz CT molecular complexity index is 744. The van der Waals surface area contributed by atoms with E-state index in [1.807, 2.05) is 24.3 Å². The molecular formula is C24H40IN5O2. The molecule has 32 heavy (non-hydrogen) atoms. The van der Waals surface area contributed by atoms with E-state index < -0.39 is 0 Å². The van der Waals surface area contributed by atoms with Crippen molar-refractivity contribution in [3.05, 3.63) is 35.4 Å². The lowest BCUT2D eigenvalue weighted by molar-refractivity contribution is 0.0857. The molecule has 1 amide bonds. The molecule has 0 spiro atoms. The molecule has 1 aromatic rings. The molecule has 3 rings (SSSR count).